The first-order valence-electron chi connectivity index (χ1n) is 11.8. The quantitative estimate of drug-likeness (QED) is 0.166. The van der Waals surface area contributed by atoms with Crippen molar-refractivity contribution in [1.82, 2.24) is 10.0 Å². The SMILES string of the molecule is O=C(c1ccc(Cl)cc1)[C@@H](CCCl)N(C(=O)c1ccccc1Cl)N1C(=O)[C@@H]2[C@H](C1=O)[C@@]1(Cl)C(Cl)=C(Cl)[C@@]2(Cl)C1(Cl)Cl. The molecule has 15 heteroatoms. The molecule has 0 aromatic heterocycles. The van der Waals surface area contributed by atoms with Gasteiger partial charge in [0, 0.05) is 16.5 Å². The molecule has 2 bridgehead atoms. The molecule has 3 amide bonds. The highest BCUT2D eigenvalue weighted by atomic mass is 35.5. The van der Waals surface area contributed by atoms with Gasteiger partial charge in [-0.05, 0) is 42.8 Å². The maximum atomic E-state index is 14.2. The number of hydrazine groups is 1. The summed E-state index contributed by atoms with van der Waals surface area (Å²) < 4.78 is -2.18. The number of carbonyl (C=O) groups excluding carboxylic acids is 4. The second kappa shape index (κ2) is 10.9. The maximum absolute atomic E-state index is 14.2. The lowest BCUT2D eigenvalue weighted by molar-refractivity contribution is -0.157. The minimum atomic E-state index is -2.18. The zero-order valence-electron chi connectivity index (χ0n) is 20.2. The Balaban J connectivity index is 1.69. The zero-order valence-corrected chi connectivity index (χ0v) is 27.0. The fourth-order valence-corrected chi connectivity index (χ4v) is 9.08. The molecule has 2 aromatic carbocycles. The van der Waals surface area contributed by atoms with Crippen molar-refractivity contribution in [1.29, 1.82) is 0 Å². The molecule has 216 valence electrons. The predicted octanol–water partition coefficient (Wildman–Crippen LogP) is 7.68. The average Bonchev–Trinajstić information content (AvgIpc) is 3.32. The molecule has 0 unspecified atom stereocenters. The predicted molar refractivity (Wildman–Crippen MR) is 162 cm³/mol. The van der Waals surface area contributed by atoms with E-state index >= 15 is 0 Å². The fraction of sp³-hybridized carbons (Fsp3) is 0.308. The molecule has 1 aliphatic heterocycles. The summed E-state index contributed by atoms with van der Waals surface area (Å²) in [6.45, 7) is 0. The van der Waals surface area contributed by atoms with Gasteiger partial charge in [-0.2, -0.15) is 5.01 Å². The van der Waals surface area contributed by atoms with Crippen molar-refractivity contribution in [2.75, 3.05) is 5.88 Å². The maximum Gasteiger partial charge on any atom is 0.275 e. The van der Waals surface area contributed by atoms with E-state index in [9.17, 15) is 19.2 Å². The molecule has 1 saturated carbocycles. The minimum Gasteiger partial charge on any atom is -0.292 e. The molecule has 6 nitrogen and oxygen atoms in total. The van der Waals surface area contributed by atoms with Gasteiger partial charge in [-0.1, -0.05) is 81.7 Å². The van der Waals surface area contributed by atoms with Crippen LogP contribution in [0.5, 0.6) is 0 Å². The number of nitrogens with zero attached hydrogens (tertiary/aromatic N) is 2. The largest absolute Gasteiger partial charge is 0.292 e. The Morgan fingerprint density at radius 2 is 1.34 bits per heavy atom. The van der Waals surface area contributed by atoms with Crippen LogP contribution in [0.25, 0.3) is 0 Å². The van der Waals surface area contributed by atoms with E-state index in [-0.39, 0.29) is 38.5 Å². The van der Waals surface area contributed by atoms with Gasteiger partial charge >= 0.3 is 0 Å². The summed E-state index contributed by atoms with van der Waals surface area (Å²) in [4.78, 5) is 52.2. The minimum absolute atomic E-state index is 0.00124. The summed E-state index contributed by atoms with van der Waals surface area (Å²) >= 11 is 58.1. The Morgan fingerprint density at radius 1 is 0.829 bits per heavy atom. The van der Waals surface area contributed by atoms with Crippen molar-refractivity contribution in [3.63, 3.8) is 0 Å². The third kappa shape index (κ3) is 4.20. The molecule has 2 fully saturated rings. The van der Waals surface area contributed by atoms with Gasteiger partial charge in [-0.3, -0.25) is 19.2 Å². The van der Waals surface area contributed by atoms with Crippen LogP contribution < -0.4 is 0 Å². The van der Waals surface area contributed by atoms with Crippen LogP contribution in [0.1, 0.15) is 27.1 Å². The Kier molecular flexibility index (Phi) is 8.37. The molecule has 0 radical (unpaired) electrons. The molecule has 0 spiro atoms. The van der Waals surface area contributed by atoms with Crippen LogP contribution >= 0.6 is 104 Å². The van der Waals surface area contributed by atoms with Gasteiger partial charge in [-0.15, -0.1) is 34.8 Å². The second-order valence-electron chi connectivity index (χ2n) is 9.56. The van der Waals surface area contributed by atoms with Crippen LogP contribution in [0.2, 0.25) is 10.0 Å². The molecule has 2 aromatic rings. The standard InChI is InChI=1S/C26H15Cl9N2O4/c27-10-9-15(18(38)11-5-7-12(28)8-6-11)36(21(39)13-3-1-2-4-14(13)29)37-22(40)16-17(23(37)41)25(33)20(31)19(30)24(16,32)26(25,34)35/h1-8,15-17H,9-10H2/t15-,16-,17+,24-,25-/m1/s1. The van der Waals surface area contributed by atoms with Crippen LogP contribution in [0.15, 0.2) is 58.6 Å². The number of benzene rings is 2. The van der Waals surface area contributed by atoms with E-state index in [0.717, 1.165) is 5.01 Å². The van der Waals surface area contributed by atoms with Gasteiger partial charge in [0.05, 0.1) is 32.5 Å². The summed E-state index contributed by atoms with van der Waals surface area (Å²) in [7, 11) is 0. The van der Waals surface area contributed by atoms with E-state index < -0.39 is 55.5 Å². The first-order valence-corrected chi connectivity index (χ1v) is 15.4. The third-order valence-corrected chi connectivity index (χ3v) is 12.6. The normalized spacial score (nSPS) is 28.8. The van der Waals surface area contributed by atoms with Crippen molar-refractivity contribution in [3.05, 3.63) is 79.8 Å². The Morgan fingerprint density at radius 3 is 1.83 bits per heavy atom. The van der Waals surface area contributed by atoms with Gasteiger partial charge in [-0.25, -0.2) is 5.01 Å². The summed E-state index contributed by atoms with van der Waals surface area (Å²) in [5.74, 6) is -6.83. The second-order valence-corrected chi connectivity index (χ2v) is 14.1. The monoisotopic (exact) mass is 734 g/mol. The van der Waals surface area contributed by atoms with Crippen molar-refractivity contribution in [2.45, 2.75) is 26.5 Å². The van der Waals surface area contributed by atoms with E-state index in [2.05, 4.69) is 0 Å². The number of alkyl halides is 5. The number of ketones is 1. The topological polar surface area (TPSA) is 74.8 Å². The highest BCUT2D eigenvalue weighted by molar-refractivity contribution is 6.66. The van der Waals surface area contributed by atoms with Crippen molar-refractivity contribution in [3.8, 4) is 0 Å². The molecule has 3 aliphatic rings. The molecule has 5 atom stereocenters. The number of hydrogen-bond donors (Lipinski definition) is 0. The highest BCUT2D eigenvalue weighted by Crippen LogP contribution is 2.77. The average molecular weight is 738 g/mol. The number of imide groups is 1. The lowest BCUT2D eigenvalue weighted by atomic mass is 9.84. The van der Waals surface area contributed by atoms with Gasteiger partial charge in [0.2, 0.25) is 0 Å². The molecule has 41 heavy (non-hydrogen) atoms. The molecule has 0 N–H and O–H groups in total. The van der Waals surface area contributed by atoms with E-state index in [1.165, 1.54) is 42.5 Å². The zero-order chi connectivity index (χ0) is 30.2. The number of hydrogen-bond acceptors (Lipinski definition) is 4. The number of amides is 3. The first kappa shape index (κ1) is 31.5. The Bertz CT molecular complexity index is 1490. The van der Waals surface area contributed by atoms with E-state index in [1.54, 1.807) is 6.07 Å². The Labute approximate surface area is 279 Å². The van der Waals surface area contributed by atoms with E-state index in [0.29, 0.717) is 10.0 Å². The summed E-state index contributed by atoms with van der Waals surface area (Å²) in [6, 6.07) is 10.3. The third-order valence-electron chi connectivity index (χ3n) is 7.52. The van der Waals surface area contributed by atoms with Gasteiger partial charge < -0.3 is 0 Å². The number of rotatable bonds is 7. The Hall–Kier alpha value is -0.930. The van der Waals surface area contributed by atoms with Crippen LogP contribution in [0.3, 0.4) is 0 Å². The lowest BCUT2D eigenvalue weighted by Crippen LogP contribution is -2.60. The van der Waals surface area contributed by atoms with E-state index in [1.807, 2.05) is 0 Å². The molecule has 5 rings (SSSR count). The molecule has 2 aliphatic carbocycles. The summed E-state index contributed by atoms with van der Waals surface area (Å²) in [5, 5.41) is 1.02. The first-order chi connectivity index (χ1) is 19.2. The number of carbonyl (C=O) groups is 4. The van der Waals surface area contributed by atoms with Crippen molar-refractivity contribution >= 4 is 128 Å². The smallest absolute Gasteiger partial charge is 0.275 e. The van der Waals surface area contributed by atoms with E-state index in [4.69, 9.17) is 104 Å². The molecule has 1 heterocycles. The van der Waals surface area contributed by atoms with Crippen LogP contribution in [-0.4, -0.2) is 59.5 Å². The number of halogens is 9. The van der Waals surface area contributed by atoms with Crippen molar-refractivity contribution in [2.24, 2.45) is 11.8 Å². The van der Waals surface area contributed by atoms with Gasteiger partial charge in [0.15, 0.2) is 10.1 Å². The molecular formula is C26H15Cl9N2O4. The summed E-state index contributed by atoms with van der Waals surface area (Å²) in [6.07, 6.45) is -0.168. The molecule has 1 saturated heterocycles. The van der Waals surface area contributed by atoms with Crippen LogP contribution in [-0.2, 0) is 9.59 Å². The fourth-order valence-electron chi connectivity index (χ4n) is 5.60. The highest BCUT2D eigenvalue weighted by Gasteiger charge is 2.88. The lowest BCUT2D eigenvalue weighted by Gasteiger charge is -2.39. The molecular weight excluding hydrogens is 723 g/mol. The van der Waals surface area contributed by atoms with Crippen molar-refractivity contribution < 1.29 is 19.2 Å². The van der Waals surface area contributed by atoms with Gasteiger partial charge in [0.1, 0.15) is 15.8 Å². The van der Waals surface area contributed by atoms with Crippen LogP contribution in [0.4, 0.5) is 0 Å². The number of Topliss-reactive ketones (excluding diaryl/α,β-unsaturated/α-hetero) is 1. The van der Waals surface area contributed by atoms with Gasteiger partial charge in [0.25, 0.3) is 17.7 Å². The van der Waals surface area contributed by atoms with Crippen LogP contribution in [0, 0.1) is 11.8 Å². The number of fused-ring (bicyclic) bond motifs is 5. The summed E-state index contributed by atoms with van der Waals surface area (Å²) in [5.41, 5.74) is 0.0365. The number of allylic oxidation sites excluding steroid dienone is 2.